The molecule has 9 nitrogen and oxygen atoms in total. The number of anilines is 1. The van der Waals surface area contributed by atoms with Gasteiger partial charge in [-0.15, -0.1) is 0 Å². The van der Waals surface area contributed by atoms with Crippen molar-refractivity contribution in [3.8, 4) is 0 Å². The summed E-state index contributed by atoms with van der Waals surface area (Å²) in [5.41, 5.74) is 5.06. The first kappa shape index (κ1) is 26.9. The van der Waals surface area contributed by atoms with Crippen molar-refractivity contribution in [3.63, 3.8) is 0 Å². The molecular formula is C30H39N7O2. The van der Waals surface area contributed by atoms with E-state index in [4.69, 9.17) is 0 Å². The van der Waals surface area contributed by atoms with Gasteiger partial charge < -0.3 is 20.9 Å². The van der Waals surface area contributed by atoms with E-state index in [0.717, 1.165) is 72.9 Å². The van der Waals surface area contributed by atoms with Crippen LogP contribution in [-0.2, 0) is 9.59 Å². The summed E-state index contributed by atoms with van der Waals surface area (Å²) < 4.78 is 0. The highest BCUT2D eigenvalue weighted by molar-refractivity contribution is 6.31. The SMILES string of the molecule is CCN(CC)CCNC(=O)C1=C(C)NC(/C=C2\C(=O)Nc3ccc(C4C=NN(C5=CCCC=N5)C4)cc32)C1C. The highest BCUT2D eigenvalue weighted by atomic mass is 16.2. The number of nitrogens with one attached hydrogen (secondary N) is 3. The Morgan fingerprint density at radius 2 is 2.08 bits per heavy atom. The number of benzene rings is 1. The first-order valence-corrected chi connectivity index (χ1v) is 14.1. The number of hydrogen-bond donors (Lipinski definition) is 3. The summed E-state index contributed by atoms with van der Waals surface area (Å²) in [4.78, 5) is 32.8. The average molecular weight is 530 g/mol. The Labute approximate surface area is 230 Å². The second kappa shape index (κ2) is 11.6. The number of amides is 2. The van der Waals surface area contributed by atoms with Crippen molar-refractivity contribution in [1.82, 2.24) is 20.5 Å². The fourth-order valence-electron chi connectivity index (χ4n) is 5.74. The maximum Gasteiger partial charge on any atom is 0.256 e. The fraction of sp³-hybridized carbons (Fsp3) is 0.467. The minimum atomic E-state index is -0.150. The van der Waals surface area contributed by atoms with Gasteiger partial charge in [-0.25, -0.2) is 10.0 Å². The van der Waals surface area contributed by atoms with Crippen LogP contribution in [-0.4, -0.2) is 72.9 Å². The molecule has 0 saturated heterocycles. The minimum absolute atomic E-state index is 0.0402. The maximum atomic E-state index is 13.0. The molecule has 9 heteroatoms. The number of nitrogens with zero attached hydrogens (tertiary/aromatic N) is 4. The van der Waals surface area contributed by atoms with Crippen LogP contribution in [0, 0.1) is 5.92 Å². The highest BCUT2D eigenvalue weighted by Gasteiger charge is 2.35. The highest BCUT2D eigenvalue weighted by Crippen LogP contribution is 2.37. The van der Waals surface area contributed by atoms with Crippen LogP contribution in [0.1, 0.15) is 57.6 Å². The normalized spacial score (nSPS) is 24.9. The van der Waals surface area contributed by atoms with Crippen molar-refractivity contribution in [2.24, 2.45) is 16.0 Å². The Morgan fingerprint density at radius 1 is 1.26 bits per heavy atom. The Balaban J connectivity index is 1.28. The zero-order valence-electron chi connectivity index (χ0n) is 23.3. The smallest absolute Gasteiger partial charge is 0.256 e. The number of carbonyl (C=O) groups excluding carboxylic acids is 2. The summed E-state index contributed by atoms with van der Waals surface area (Å²) >= 11 is 0. The van der Waals surface area contributed by atoms with Crippen LogP contribution >= 0.6 is 0 Å². The topological polar surface area (TPSA) is 101 Å². The molecular weight excluding hydrogens is 490 g/mol. The Morgan fingerprint density at radius 3 is 2.82 bits per heavy atom. The summed E-state index contributed by atoms with van der Waals surface area (Å²) in [6.07, 6.45) is 9.95. The number of likely N-dealkylation sites (N-methyl/N-ethyl adjacent to an activating group) is 1. The lowest BCUT2D eigenvalue weighted by atomic mass is 9.91. The predicted molar refractivity (Wildman–Crippen MR) is 156 cm³/mol. The van der Waals surface area contributed by atoms with E-state index in [1.165, 1.54) is 0 Å². The number of fused-ring (bicyclic) bond motifs is 1. The van der Waals surface area contributed by atoms with E-state index in [2.05, 4.69) is 63.0 Å². The lowest BCUT2D eigenvalue weighted by Gasteiger charge is -2.19. The van der Waals surface area contributed by atoms with Gasteiger partial charge >= 0.3 is 0 Å². The molecule has 39 heavy (non-hydrogen) atoms. The van der Waals surface area contributed by atoms with Crippen LogP contribution < -0.4 is 16.0 Å². The van der Waals surface area contributed by atoms with E-state index in [1.807, 2.05) is 43.4 Å². The van der Waals surface area contributed by atoms with Crippen molar-refractivity contribution in [2.75, 3.05) is 38.0 Å². The monoisotopic (exact) mass is 529 g/mol. The zero-order valence-corrected chi connectivity index (χ0v) is 23.3. The summed E-state index contributed by atoms with van der Waals surface area (Å²) in [5.74, 6) is 0.793. The second-order valence-electron chi connectivity index (χ2n) is 10.5. The van der Waals surface area contributed by atoms with Crippen LogP contribution in [0.3, 0.4) is 0 Å². The molecule has 2 amide bonds. The molecule has 3 N–H and O–H groups in total. The van der Waals surface area contributed by atoms with Crippen LogP contribution in [0.2, 0.25) is 0 Å². The van der Waals surface area contributed by atoms with Crippen LogP contribution in [0.4, 0.5) is 5.69 Å². The lowest BCUT2D eigenvalue weighted by Crippen LogP contribution is -2.36. The molecule has 3 unspecified atom stereocenters. The Kier molecular flexibility index (Phi) is 7.97. The number of aliphatic imine (C=N–C) groups is 1. The molecule has 0 spiro atoms. The molecule has 5 rings (SSSR count). The largest absolute Gasteiger partial charge is 0.381 e. The van der Waals surface area contributed by atoms with Gasteiger partial charge in [0.15, 0.2) is 0 Å². The van der Waals surface area contributed by atoms with Gasteiger partial charge in [-0.1, -0.05) is 26.8 Å². The fourth-order valence-corrected chi connectivity index (χ4v) is 5.74. The standard InChI is InChI=1S/C30H39N7O2/c1-5-36(6-2)14-13-32-30(39)28-19(3)26(34-20(28)4)16-24-23-15-21(10-11-25(23)35-29(24)38)22-17-33-37(18-22)27-9-7-8-12-31-27/h9-12,15-17,19,22,26,34H,5-8,13-14,18H2,1-4H3,(H,32,39)(H,35,38)/b24-16-. The van der Waals surface area contributed by atoms with Crippen LogP contribution in [0.15, 0.2) is 57.5 Å². The van der Waals surface area contributed by atoms with Crippen molar-refractivity contribution >= 4 is 35.5 Å². The molecule has 0 bridgehead atoms. The third kappa shape index (κ3) is 5.54. The zero-order chi connectivity index (χ0) is 27.5. The van der Waals surface area contributed by atoms with Gasteiger partial charge in [-0.3, -0.25) is 9.59 Å². The van der Waals surface area contributed by atoms with Gasteiger partial charge in [-0.2, -0.15) is 5.10 Å². The third-order valence-corrected chi connectivity index (χ3v) is 8.10. The van der Waals surface area contributed by atoms with Gasteiger partial charge in [0.05, 0.1) is 12.6 Å². The molecule has 0 aliphatic carbocycles. The summed E-state index contributed by atoms with van der Waals surface area (Å²) in [7, 11) is 0. The van der Waals surface area contributed by atoms with E-state index in [0.29, 0.717) is 12.1 Å². The Bertz CT molecular complexity index is 1290. The lowest BCUT2D eigenvalue weighted by molar-refractivity contribution is -0.118. The van der Waals surface area contributed by atoms with Crippen molar-refractivity contribution < 1.29 is 9.59 Å². The van der Waals surface area contributed by atoms with Crippen molar-refractivity contribution in [2.45, 2.75) is 52.5 Å². The third-order valence-electron chi connectivity index (χ3n) is 8.10. The quantitative estimate of drug-likeness (QED) is 0.426. The molecule has 0 fully saturated rings. The number of allylic oxidation sites excluding steroid dienone is 2. The minimum Gasteiger partial charge on any atom is -0.381 e. The molecule has 4 aliphatic heterocycles. The summed E-state index contributed by atoms with van der Waals surface area (Å²) in [5, 5.41) is 16.1. The molecule has 4 heterocycles. The van der Waals surface area contributed by atoms with Gasteiger partial charge in [0.2, 0.25) is 5.91 Å². The van der Waals surface area contributed by atoms with E-state index < -0.39 is 0 Å². The summed E-state index contributed by atoms with van der Waals surface area (Å²) in [6.45, 7) is 12.3. The summed E-state index contributed by atoms with van der Waals surface area (Å²) in [6, 6.07) is 5.98. The average Bonchev–Trinajstić information content (AvgIpc) is 3.63. The first-order chi connectivity index (χ1) is 18.9. The molecule has 0 radical (unpaired) electrons. The Hall–Kier alpha value is -3.72. The molecule has 1 aromatic carbocycles. The second-order valence-corrected chi connectivity index (χ2v) is 10.5. The molecule has 0 aromatic heterocycles. The van der Waals surface area contributed by atoms with Gasteiger partial charge in [0, 0.05) is 65.4 Å². The number of rotatable bonds is 9. The van der Waals surface area contributed by atoms with E-state index in [9.17, 15) is 9.59 Å². The molecule has 4 aliphatic rings. The first-order valence-electron chi connectivity index (χ1n) is 14.1. The van der Waals surface area contributed by atoms with Crippen LogP contribution in [0.5, 0.6) is 0 Å². The number of carbonyl (C=O) groups is 2. The van der Waals surface area contributed by atoms with Gasteiger partial charge in [-0.05, 0) is 62.7 Å². The van der Waals surface area contributed by atoms with Crippen molar-refractivity contribution in [3.05, 3.63) is 58.6 Å². The van der Waals surface area contributed by atoms with Crippen LogP contribution in [0.25, 0.3) is 5.57 Å². The van der Waals surface area contributed by atoms with E-state index in [-0.39, 0.29) is 29.7 Å². The van der Waals surface area contributed by atoms with E-state index in [1.54, 1.807) is 0 Å². The molecule has 1 aromatic rings. The molecule has 3 atom stereocenters. The van der Waals surface area contributed by atoms with Crippen molar-refractivity contribution in [1.29, 1.82) is 0 Å². The maximum absolute atomic E-state index is 13.0. The number of hydrazone groups is 1. The predicted octanol–water partition coefficient (Wildman–Crippen LogP) is 3.45. The molecule has 206 valence electrons. The van der Waals surface area contributed by atoms with Gasteiger partial charge in [0.1, 0.15) is 5.82 Å². The van der Waals surface area contributed by atoms with E-state index >= 15 is 0 Å². The number of hydrogen-bond acceptors (Lipinski definition) is 7. The molecule has 0 saturated carbocycles. The van der Waals surface area contributed by atoms with Gasteiger partial charge in [0.25, 0.3) is 5.91 Å².